The van der Waals surface area contributed by atoms with Crippen LogP contribution in [0.4, 0.5) is 4.39 Å². The Bertz CT molecular complexity index is 511. The van der Waals surface area contributed by atoms with Crippen LogP contribution < -0.4 is 5.32 Å². The van der Waals surface area contributed by atoms with Crippen molar-refractivity contribution in [1.29, 1.82) is 0 Å². The second-order valence-electron chi connectivity index (χ2n) is 5.40. The molecule has 0 spiro atoms. The van der Waals surface area contributed by atoms with Crippen molar-refractivity contribution in [1.82, 2.24) is 15.1 Å². The number of nitrogens with one attached hydrogen (secondary N) is 1. The molecule has 2 rings (SSSR count). The summed E-state index contributed by atoms with van der Waals surface area (Å²) in [5.74, 6) is -0.610. The van der Waals surface area contributed by atoms with E-state index in [2.05, 4.69) is 17.1 Å². The van der Waals surface area contributed by atoms with Gasteiger partial charge in [0.05, 0.1) is 13.0 Å². The molecule has 0 atom stereocenters. The molecule has 1 N–H and O–H groups in total. The van der Waals surface area contributed by atoms with Gasteiger partial charge in [0.2, 0.25) is 11.8 Å². The summed E-state index contributed by atoms with van der Waals surface area (Å²) >= 11 is 0. The Labute approximate surface area is 130 Å². The first-order chi connectivity index (χ1) is 10.6. The molecule has 1 saturated heterocycles. The van der Waals surface area contributed by atoms with E-state index in [4.69, 9.17) is 0 Å². The molecule has 0 bridgehead atoms. The molecule has 2 amide bonds. The minimum atomic E-state index is -0.328. The third-order valence-electron chi connectivity index (χ3n) is 3.89. The number of carbonyl (C=O) groups excluding carboxylic acids is 2. The highest BCUT2D eigenvalue weighted by molar-refractivity contribution is 5.85. The fraction of sp³-hybridized carbons (Fsp3) is 0.500. The Hall–Kier alpha value is -1.95. The maximum atomic E-state index is 12.8. The summed E-state index contributed by atoms with van der Waals surface area (Å²) in [4.78, 5) is 27.9. The van der Waals surface area contributed by atoms with Crippen LogP contribution in [-0.2, 0) is 16.0 Å². The van der Waals surface area contributed by atoms with Gasteiger partial charge in [-0.1, -0.05) is 19.1 Å². The summed E-state index contributed by atoms with van der Waals surface area (Å²) in [6.07, 6.45) is 0.150. The van der Waals surface area contributed by atoms with Crippen LogP contribution in [0.2, 0.25) is 0 Å². The van der Waals surface area contributed by atoms with Crippen LogP contribution in [0.5, 0.6) is 0 Å². The number of piperazine rings is 1. The number of hydrogen-bond acceptors (Lipinski definition) is 3. The lowest BCUT2D eigenvalue weighted by molar-refractivity contribution is -0.134. The monoisotopic (exact) mass is 307 g/mol. The quantitative estimate of drug-likeness (QED) is 0.869. The van der Waals surface area contributed by atoms with Crippen LogP contribution in [0.15, 0.2) is 24.3 Å². The van der Waals surface area contributed by atoms with E-state index in [1.54, 1.807) is 17.0 Å². The number of likely N-dealkylation sites (N-methyl/N-ethyl adjacent to an activating group) is 1. The maximum Gasteiger partial charge on any atom is 0.242 e. The summed E-state index contributed by atoms with van der Waals surface area (Å²) in [6, 6.07) is 5.78. The van der Waals surface area contributed by atoms with E-state index in [-0.39, 0.29) is 30.6 Å². The lowest BCUT2D eigenvalue weighted by Crippen LogP contribution is -2.51. The Balaban J connectivity index is 1.72. The van der Waals surface area contributed by atoms with Crippen molar-refractivity contribution in [2.24, 2.45) is 0 Å². The number of amides is 2. The van der Waals surface area contributed by atoms with Crippen molar-refractivity contribution in [2.45, 2.75) is 13.3 Å². The molecule has 1 fully saturated rings. The van der Waals surface area contributed by atoms with Gasteiger partial charge in [0, 0.05) is 26.2 Å². The molecular weight excluding hydrogens is 285 g/mol. The fourth-order valence-electron chi connectivity index (χ4n) is 2.45. The van der Waals surface area contributed by atoms with Crippen molar-refractivity contribution < 1.29 is 14.0 Å². The second kappa shape index (κ2) is 7.89. The Morgan fingerprint density at radius 3 is 2.36 bits per heavy atom. The van der Waals surface area contributed by atoms with Crippen LogP contribution >= 0.6 is 0 Å². The molecule has 0 aromatic heterocycles. The van der Waals surface area contributed by atoms with Crippen LogP contribution in [0.3, 0.4) is 0 Å². The van der Waals surface area contributed by atoms with Crippen molar-refractivity contribution >= 4 is 11.8 Å². The molecule has 6 heteroatoms. The third-order valence-corrected chi connectivity index (χ3v) is 3.89. The Kier molecular flexibility index (Phi) is 5.89. The van der Waals surface area contributed by atoms with Crippen LogP contribution in [0, 0.1) is 5.82 Å². The summed E-state index contributed by atoms with van der Waals surface area (Å²) in [5.41, 5.74) is 0.725. The number of halogens is 1. The number of nitrogens with zero attached hydrogens (tertiary/aromatic N) is 2. The molecule has 1 aromatic carbocycles. The number of rotatable bonds is 5. The smallest absolute Gasteiger partial charge is 0.242 e. The van der Waals surface area contributed by atoms with E-state index < -0.39 is 0 Å². The SMILES string of the molecule is CCN1CCN(C(=O)CNC(=O)Cc2ccc(F)cc2)CC1. The van der Waals surface area contributed by atoms with Gasteiger partial charge < -0.3 is 15.1 Å². The second-order valence-corrected chi connectivity index (χ2v) is 5.40. The highest BCUT2D eigenvalue weighted by Crippen LogP contribution is 2.04. The van der Waals surface area contributed by atoms with Crippen molar-refractivity contribution in [3.05, 3.63) is 35.6 Å². The Morgan fingerprint density at radius 1 is 1.14 bits per heavy atom. The molecule has 120 valence electrons. The molecule has 0 radical (unpaired) electrons. The largest absolute Gasteiger partial charge is 0.347 e. The zero-order valence-electron chi connectivity index (χ0n) is 12.8. The van der Waals surface area contributed by atoms with E-state index in [1.165, 1.54) is 12.1 Å². The predicted molar refractivity (Wildman–Crippen MR) is 81.8 cm³/mol. The first kappa shape index (κ1) is 16.4. The first-order valence-corrected chi connectivity index (χ1v) is 7.59. The van der Waals surface area contributed by atoms with Crippen molar-refractivity contribution in [3.63, 3.8) is 0 Å². The van der Waals surface area contributed by atoms with E-state index in [1.807, 2.05) is 0 Å². The molecule has 1 heterocycles. The van der Waals surface area contributed by atoms with Crippen molar-refractivity contribution in [3.8, 4) is 0 Å². The van der Waals surface area contributed by atoms with Gasteiger partial charge in [0.1, 0.15) is 5.82 Å². The molecule has 22 heavy (non-hydrogen) atoms. The molecule has 0 aliphatic carbocycles. The summed E-state index contributed by atoms with van der Waals surface area (Å²) in [5, 5.41) is 2.63. The maximum absolute atomic E-state index is 12.8. The van der Waals surface area contributed by atoms with Crippen LogP contribution in [0.1, 0.15) is 12.5 Å². The number of hydrogen-bond donors (Lipinski definition) is 1. The van der Waals surface area contributed by atoms with E-state index in [9.17, 15) is 14.0 Å². The van der Waals surface area contributed by atoms with Gasteiger partial charge in [-0.3, -0.25) is 9.59 Å². The highest BCUT2D eigenvalue weighted by atomic mass is 19.1. The normalized spacial score (nSPS) is 15.6. The summed E-state index contributed by atoms with van der Waals surface area (Å²) in [7, 11) is 0. The van der Waals surface area contributed by atoms with Gasteiger partial charge in [0.25, 0.3) is 0 Å². The standard InChI is InChI=1S/C16H22FN3O2/c1-2-19-7-9-20(10-8-19)16(22)12-18-15(21)11-13-3-5-14(17)6-4-13/h3-6H,2,7-12H2,1H3,(H,18,21). The zero-order chi connectivity index (χ0) is 15.9. The van der Waals surface area contributed by atoms with Crippen LogP contribution in [-0.4, -0.2) is 60.9 Å². The summed E-state index contributed by atoms with van der Waals surface area (Å²) in [6.45, 7) is 6.30. The number of carbonyl (C=O) groups is 2. The fourth-order valence-corrected chi connectivity index (χ4v) is 2.45. The van der Waals surface area contributed by atoms with Gasteiger partial charge in [-0.05, 0) is 24.2 Å². The topological polar surface area (TPSA) is 52.6 Å². The molecule has 1 aliphatic heterocycles. The van der Waals surface area contributed by atoms with Gasteiger partial charge >= 0.3 is 0 Å². The van der Waals surface area contributed by atoms with Gasteiger partial charge in [-0.2, -0.15) is 0 Å². The highest BCUT2D eigenvalue weighted by Gasteiger charge is 2.20. The lowest BCUT2D eigenvalue weighted by atomic mass is 10.1. The molecular formula is C16H22FN3O2. The van der Waals surface area contributed by atoms with E-state index >= 15 is 0 Å². The first-order valence-electron chi connectivity index (χ1n) is 7.59. The van der Waals surface area contributed by atoms with E-state index in [0.717, 1.165) is 25.2 Å². The zero-order valence-corrected chi connectivity index (χ0v) is 12.8. The van der Waals surface area contributed by atoms with Gasteiger partial charge in [-0.15, -0.1) is 0 Å². The minimum Gasteiger partial charge on any atom is -0.347 e. The molecule has 0 saturated carbocycles. The average molecular weight is 307 g/mol. The molecule has 1 aliphatic rings. The minimum absolute atomic E-state index is 0.0200. The van der Waals surface area contributed by atoms with Gasteiger partial charge in [-0.25, -0.2) is 4.39 Å². The third kappa shape index (κ3) is 4.80. The predicted octanol–water partition coefficient (Wildman–Crippen LogP) is 0.649. The van der Waals surface area contributed by atoms with E-state index in [0.29, 0.717) is 13.1 Å². The Morgan fingerprint density at radius 2 is 1.77 bits per heavy atom. The molecule has 0 unspecified atom stereocenters. The van der Waals surface area contributed by atoms with Crippen molar-refractivity contribution in [2.75, 3.05) is 39.3 Å². The lowest BCUT2D eigenvalue weighted by Gasteiger charge is -2.34. The average Bonchev–Trinajstić information content (AvgIpc) is 2.55. The summed E-state index contributed by atoms with van der Waals surface area (Å²) < 4.78 is 12.8. The molecule has 1 aromatic rings. The molecule has 5 nitrogen and oxygen atoms in total. The van der Waals surface area contributed by atoms with Crippen LogP contribution in [0.25, 0.3) is 0 Å². The number of benzene rings is 1. The van der Waals surface area contributed by atoms with Gasteiger partial charge in [0.15, 0.2) is 0 Å².